The molecule has 0 atom stereocenters. The van der Waals surface area contributed by atoms with E-state index in [0.29, 0.717) is 0 Å². The Hall–Kier alpha value is 0.137. The third-order valence-electron chi connectivity index (χ3n) is 5.08. The fourth-order valence-corrected chi connectivity index (χ4v) is 9.40. The molecule has 0 aromatic carbocycles. The van der Waals surface area contributed by atoms with Crippen LogP contribution in [0.15, 0.2) is 0 Å². The molecule has 94 valence electrons. The molecule has 2 rings (SSSR count). The van der Waals surface area contributed by atoms with Crippen LogP contribution in [0.5, 0.6) is 0 Å². The third-order valence-corrected chi connectivity index (χ3v) is 10.5. The standard InChI is InChI=1S/C13H28N2Si/c1-14-16(15-2,13-10-6-7-11-13)12-8-4-3-5-9-12/h12-15H,3-11H2,1-2H3. The monoisotopic (exact) mass is 240 g/mol. The van der Waals surface area contributed by atoms with Gasteiger partial charge in [-0.1, -0.05) is 57.8 Å². The summed E-state index contributed by atoms with van der Waals surface area (Å²) in [5.41, 5.74) is 1.98. The molecule has 0 aromatic heterocycles. The summed E-state index contributed by atoms with van der Waals surface area (Å²) in [6, 6.07) is 0. The lowest BCUT2D eigenvalue weighted by Gasteiger charge is -2.44. The van der Waals surface area contributed by atoms with Crippen molar-refractivity contribution in [3.05, 3.63) is 0 Å². The Morgan fingerprint density at radius 1 is 0.688 bits per heavy atom. The molecule has 0 aromatic rings. The van der Waals surface area contributed by atoms with Gasteiger partial charge in [-0.25, -0.2) is 0 Å². The molecule has 0 bridgehead atoms. The molecule has 2 fully saturated rings. The first-order valence-corrected chi connectivity index (χ1v) is 9.37. The van der Waals surface area contributed by atoms with Crippen molar-refractivity contribution in [3.63, 3.8) is 0 Å². The van der Waals surface area contributed by atoms with E-state index in [1.807, 2.05) is 0 Å². The molecule has 0 radical (unpaired) electrons. The molecular weight excluding hydrogens is 212 g/mol. The minimum absolute atomic E-state index is 0.986. The van der Waals surface area contributed by atoms with E-state index in [1.165, 1.54) is 57.8 Å². The van der Waals surface area contributed by atoms with Gasteiger partial charge in [-0.15, -0.1) is 0 Å². The minimum atomic E-state index is -1.41. The second-order valence-electron chi connectivity index (χ2n) is 5.69. The van der Waals surface area contributed by atoms with Crippen molar-refractivity contribution in [1.29, 1.82) is 0 Å². The van der Waals surface area contributed by atoms with E-state index in [9.17, 15) is 0 Å². The number of nitrogens with one attached hydrogen (secondary N) is 2. The van der Waals surface area contributed by atoms with Crippen LogP contribution in [0.25, 0.3) is 0 Å². The summed E-state index contributed by atoms with van der Waals surface area (Å²) >= 11 is 0. The highest BCUT2D eigenvalue weighted by Crippen LogP contribution is 2.45. The van der Waals surface area contributed by atoms with Crippen LogP contribution in [0, 0.1) is 0 Å². The zero-order chi connectivity index (χ0) is 11.4. The molecule has 16 heavy (non-hydrogen) atoms. The van der Waals surface area contributed by atoms with Gasteiger partial charge in [0.05, 0.1) is 0 Å². The van der Waals surface area contributed by atoms with Crippen molar-refractivity contribution >= 4 is 8.40 Å². The summed E-state index contributed by atoms with van der Waals surface area (Å²) in [6.07, 6.45) is 13.2. The Bertz CT molecular complexity index is 204. The maximum atomic E-state index is 3.80. The van der Waals surface area contributed by atoms with Gasteiger partial charge in [0.1, 0.15) is 0 Å². The largest absolute Gasteiger partial charge is 0.328 e. The van der Waals surface area contributed by atoms with Crippen molar-refractivity contribution < 1.29 is 0 Å². The van der Waals surface area contributed by atoms with Crippen molar-refractivity contribution in [1.82, 2.24) is 9.96 Å². The zero-order valence-corrected chi connectivity index (χ0v) is 12.0. The van der Waals surface area contributed by atoms with Gasteiger partial charge in [0.2, 0.25) is 8.40 Å². The smallest absolute Gasteiger partial charge is 0.207 e. The van der Waals surface area contributed by atoms with Crippen LogP contribution in [0.2, 0.25) is 11.1 Å². The van der Waals surface area contributed by atoms with Gasteiger partial charge in [-0.2, -0.15) is 0 Å². The molecule has 0 heterocycles. The zero-order valence-electron chi connectivity index (χ0n) is 11.0. The lowest BCUT2D eigenvalue weighted by Crippen LogP contribution is -2.66. The third kappa shape index (κ3) is 2.22. The predicted molar refractivity (Wildman–Crippen MR) is 72.9 cm³/mol. The molecule has 2 N–H and O–H groups in total. The van der Waals surface area contributed by atoms with Gasteiger partial charge in [0, 0.05) is 0 Å². The summed E-state index contributed by atoms with van der Waals surface area (Å²) < 4.78 is 0. The highest BCUT2D eigenvalue weighted by atomic mass is 28.3. The SMILES string of the molecule is CN[Si](NC)(C1CCCCC1)C1CCCC1. The van der Waals surface area contributed by atoms with Crippen molar-refractivity contribution in [2.45, 2.75) is 68.9 Å². The first-order chi connectivity index (χ1) is 7.83. The minimum Gasteiger partial charge on any atom is -0.328 e. The summed E-state index contributed by atoms with van der Waals surface area (Å²) in [5.74, 6) is 0. The van der Waals surface area contributed by atoms with Crippen LogP contribution >= 0.6 is 0 Å². The molecule has 0 unspecified atom stereocenters. The van der Waals surface area contributed by atoms with Crippen molar-refractivity contribution in [3.8, 4) is 0 Å². The Balaban J connectivity index is 2.11. The molecule has 0 amide bonds. The Morgan fingerprint density at radius 3 is 1.44 bits per heavy atom. The van der Waals surface area contributed by atoms with Crippen LogP contribution in [-0.4, -0.2) is 22.5 Å². The molecule has 2 nitrogen and oxygen atoms in total. The maximum Gasteiger partial charge on any atom is 0.207 e. The van der Waals surface area contributed by atoms with E-state index in [4.69, 9.17) is 0 Å². The first-order valence-electron chi connectivity index (χ1n) is 7.21. The second-order valence-corrected chi connectivity index (χ2v) is 10.1. The lowest BCUT2D eigenvalue weighted by atomic mass is 10.0. The van der Waals surface area contributed by atoms with E-state index in [0.717, 1.165) is 11.1 Å². The Morgan fingerprint density at radius 2 is 1.06 bits per heavy atom. The van der Waals surface area contributed by atoms with Gasteiger partial charge in [-0.05, 0) is 25.2 Å². The summed E-state index contributed by atoms with van der Waals surface area (Å²) in [6.45, 7) is 0. The topological polar surface area (TPSA) is 24.1 Å². The lowest BCUT2D eigenvalue weighted by molar-refractivity contribution is 0.472. The Labute approximate surface area is 102 Å². The molecular formula is C13H28N2Si. The van der Waals surface area contributed by atoms with E-state index in [2.05, 4.69) is 24.1 Å². The number of hydrogen-bond acceptors (Lipinski definition) is 2. The normalized spacial score (nSPS) is 25.1. The average molecular weight is 240 g/mol. The van der Waals surface area contributed by atoms with Gasteiger partial charge in [0.15, 0.2) is 0 Å². The highest BCUT2D eigenvalue weighted by Gasteiger charge is 2.47. The highest BCUT2D eigenvalue weighted by molar-refractivity contribution is 6.77. The van der Waals surface area contributed by atoms with Crippen molar-refractivity contribution in [2.24, 2.45) is 0 Å². The second kappa shape index (κ2) is 5.65. The fraction of sp³-hybridized carbons (Fsp3) is 1.00. The predicted octanol–water partition coefficient (Wildman–Crippen LogP) is 3.15. The van der Waals surface area contributed by atoms with Crippen LogP contribution in [0.4, 0.5) is 0 Å². The molecule has 2 saturated carbocycles. The van der Waals surface area contributed by atoms with E-state index < -0.39 is 8.40 Å². The van der Waals surface area contributed by atoms with E-state index in [-0.39, 0.29) is 0 Å². The number of rotatable bonds is 4. The van der Waals surface area contributed by atoms with Gasteiger partial charge < -0.3 is 9.96 Å². The quantitative estimate of drug-likeness (QED) is 0.738. The van der Waals surface area contributed by atoms with E-state index in [1.54, 1.807) is 0 Å². The van der Waals surface area contributed by atoms with Gasteiger partial charge >= 0.3 is 0 Å². The first kappa shape index (κ1) is 12.6. The Kier molecular flexibility index (Phi) is 4.45. The van der Waals surface area contributed by atoms with E-state index >= 15 is 0 Å². The van der Waals surface area contributed by atoms with Crippen LogP contribution < -0.4 is 9.96 Å². The molecule has 0 aliphatic heterocycles. The van der Waals surface area contributed by atoms with Crippen LogP contribution in [-0.2, 0) is 0 Å². The summed E-state index contributed by atoms with van der Waals surface area (Å²) in [7, 11) is 3.03. The molecule has 2 aliphatic carbocycles. The summed E-state index contributed by atoms with van der Waals surface area (Å²) in [4.78, 5) is 7.61. The van der Waals surface area contributed by atoms with Gasteiger partial charge in [0.25, 0.3) is 0 Å². The van der Waals surface area contributed by atoms with Crippen LogP contribution in [0.1, 0.15) is 57.8 Å². The fourth-order valence-electron chi connectivity index (χ4n) is 4.21. The maximum absolute atomic E-state index is 3.80. The molecule has 3 heteroatoms. The van der Waals surface area contributed by atoms with Gasteiger partial charge in [-0.3, -0.25) is 0 Å². The average Bonchev–Trinajstić information content (AvgIpc) is 2.87. The molecule has 0 saturated heterocycles. The summed E-state index contributed by atoms with van der Waals surface area (Å²) in [5, 5.41) is 0. The van der Waals surface area contributed by atoms with Crippen LogP contribution in [0.3, 0.4) is 0 Å². The molecule has 0 spiro atoms. The molecule has 2 aliphatic rings. The van der Waals surface area contributed by atoms with Crippen molar-refractivity contribution in [2.75, 3.05) is 14.1 Å². The number of hydrogen-bond donors (Lipinski definition) is 2.